The van der Waals surface area contributed by atoms with E-state index in [0.717, 1.165) is 5.76 Å². The van der Waals surface area contributed by atoms with Gasteiger partial charge in [-0.1, -0.05) is 13.8 Å². The molecule has 1 aromatic rings. The van der Waals surface area contributed by atoms with Crippen LogP contribution >= 0.6 is 0 Å². The predicted octanol–water partition coefficient (Wildman–Crippen LogP) is 2.41. The Hall–Kier alpha value is -0.990. The summed E-state index contributed by atoms with van der Waals surface area (Å²) in [7, 11) is 0. The average molecular weight is 157 g/mol. The lowest BCUT2D eigenvalue weighted by Gasteiger charge is -1.91. The zero-order chi connectivity index (χ0) is 8.69. The van der Waals surface area contributed by atoms with Crippen LogP contribution in [-0.4, -0.2) is 11.8 Å². The van der Waals surface area contributed by atoms with Gasteiger partial charge in [-0.25, -0.2) is 0 Å². The van der Waals surface area contributed by atoms with Crippen LogP contribution in [0.2, 0.25) is 0 Å². The van der Waals surface area contributed by atoms with Crippen molar-refractivity contribution in [3.8, 4) is 5.88 Å². The summed E-state index contributed by atoms with van der Waals surface area (Å²) < 4.78 is 9.76. The van der Waals surface area contributed by atoms with E-state index in [1.54, 1.807) is 6.07 Å². The number of rotatable bonds is 2. The molecule has 0 saturated heterocycles. The Morgan fingerprint density at radius 1 is 1.55 bits per heavy atom. The molecule has 0 amide bonds. The summed E-state index contributed by atoms with van der Waals surface area (Å²) >= 11 is 0. The zero-order valence-electron chi connectivity index (χ0n) is 7.55. The molecule has 1 rings (SSSR count). The maximum atomic E-state index is 5.02. The van der Waals surface area contributed by atoms with Gasteiger partial charge < -0.3 is 9.26 Å². The molecule has 0 N–H and O–H groups in total. The van der Waals surface area contributed by atoms with Gasteiger partial charge in [0.1, 0.15) is 5.76 Å². The lowest BCUT2D eigenvalue weighted by Crippen LogP contribution is -1.89. The van der Waals surface area contributed by atoms with Crippen LogP contribution in [0, 0.1) is 6.92 Å². The Balaban J connectivity index is 0.000000461. The second kappa shape index (κ2) is 5.77. The van der Waals surface area contributed by atoms with Gasteiger partial charge in [0.15, 0.2) is 0 Å². The summed E-state index contributed by atoms with van der Waals surface area (Å²) in [5.41, 5.74) is 0. The fraction of sp³-hybridized carbons (Fsp3) is 0.625. The summed E-state index contributed by atoms with van der Waals surface area (Å²) in [6, 6.07) is 1.75. The number of hydrogen-bond donors (Lipinski definition) is 0. The van der Waals surface area contributed by atoms with Crippen molar-refractivity contribution in [1.29, 1.82) is 0 Å². The fourth-order valence-corrected chi connectivity index (χ4v) is 0.559. The molecule has 0 radical (unpaired) electrons. The molecule has 0 aliphatic carbocycles. The molecule has 3 nitrogen and oxygen atoms in total. The van der Waals surface area contributed by atoms with Crippen LogP contribution in [0.4, 0.5) is 0 Å². The van der Waals surface area contributed by atoms with Crippen LogP contribution in [0.5, 0.6) is 5.88 Å². The molecule has 0 aromatic carbocycles. The van der Waals surface area contributed by atoms with Crippen LogP contribution in [0.1, 0.15) is 26.5 Å². The lowest BCUT2D eigenvalue weighted by molar-refractivity contribution is 0.291. The minimum Gasteiger partial charge on any atom is -0.476 e. The van der Waals surface area contributed by atoms with Crippen LogP contribution in [0.15, 0.2) is 10.6 Å². The van der Waals surface area contributed by atoms with Gasteiger partial charge in [-0.15, -0.1) is 0 Å². The standard InChI is InChI=1S/C6H9NO2.C2H6/c1-3-8-6-4-5(2)9-7-6;1-2/h4H,3H2,1-2H3;1-2H3. The second-order valence-corrected chi connectivity index (χ2v) is 1.71. The topological polar surface area (TPSA) is 35.3 Å². The third-order valence-electron chi connectivity index (χ3n) is 0.899. The minimum absolute atomic E-state index is 0.565. The molecule has 0 unspecified atom stereocenters. The Bertz CT molecular complexity index is 184. The second-order valence-electron chi connectivity index (χ2n) is 1.71. The first-order valence-electron chi connectivity index (χ1n) is 3.89. The maximum absolute atomic E-state index is 5.02. The van der Waals surface area contributed by atoms with E-state index in [2.05, 4.69) is 5.16 Å². The normalized spacial score (nSPS) is 8.36. The van der Waals surface area contributed by atoms with Gasteiger partial charge in [0.05, 0.1) is 6.61 Å². The molecule has 0 aliphatic rings. The number of ether oxygens (including phenoxy) is 1. The highest BCUT2D eigenvalue weighted by atomic mass is 16.5. The van der Waals surface area contributed by atoms with E-state index in [4.69, 9.17) is 9.26 Å². The molecule has 1 heterocycles. The van der Waals surface area contributed by atoms with Crippen molar-refractivity contribution < 1.29 is 9.26 Å². The summed E-state index contributed by atoms with van der Waals surface area (Å²) in [6.45, 7) is 8.37. The van der Waals surface area contributed by atoms with Gasteiger partial charge in [0.25, 0.3) is 5.88 Å². The molecule has 1 aromatic heterocycles. The summed E-state index contributed by atoms with van der Waals surface area (Å²) in [6.07, 6.45) is 0. The van der Waals surface area contributed by atoms with E-state index >= 15 is 0 Å². The van der Waals surface area contributed by atoms with E-state index in [9.17, 15) is 0 Å². The quantitative estimate of drug-likeness (QED) is 0.661. The molecule has 0 aliphatic heterocycles. The van der Waals surface area contributed by atoms with Gasteiger partial charge in [-0.05, 0) is 19.0 Å². The predicted molar refractivity (Wildman–Crippen MR) is 43.8 cm³/mol. The summed E-state index contributed by atoms with van der Waals surface area (Å²) in [4.78, 5) is 0. The Morgan fingerprint density at radius 2 is 2.18 bits per heavy atom. The van der Waals surface area contributed by atoms with Gasteiger partial charge in [0.2, 0.25) is 0 Å². The van der Waals surface area contributed by atoms with Crippen molar-refractivity contribution in [3.63, 3.8) is 0 Å². The highest BCUT2D eigenvalue weighted by Gasteiger charge is 1.96. The molecule has 0 atom stereocenters. The van der Waals surface area contributed by atoms with Crippen LogP contribution in [0.3, 0.4) is 0 Å². The first-order valence-corrected chi connectivity index (χ1v) is 3.89. The van der Waals surface area contributed by atoms with Crippen molar-refractivity contribution in [2.24, 2.45) is 0 Å². The monoisotopic (exact) mass is 157 g/mol. The third kappa shape index (κ3) is 3.65. The van der Waals surface area contributed by atoms with Crippen LogP contribution in [-0.2, 0) is 0 Å². The molecule has 0 bridgehead atoms. The molecule has 3 heteroatoms. The molecule has 0 spiro atoms. The van der Waals surface area contributed by atoms with Crippen molar-refractivity contribution in [2.75, 3.05) is 6.61 Å². The number of aryl methyl sites for hydroxylation is 1. The van der Waals surface area contributed by atoms with Crippen molar-refractivity contribution >= 4 is 0 Å². The van der Waals surface area contributed by atoms with E-state index in [1.165, 1.54) is 0 Å². The first-order chi connectivity index (χ1) is 5.33. The average Bonchev–Trinajstić information content (AvgIpc) is 2.41. The smallest absolute Gasteiger partial charge is 0.254 e. The van der Waals surface area contributed by atoms with Crippen molar-refractivity contribution in [3.05, 3.63) is 11.8 Å². The molecule has 0 fully saturated rings. The fourth-order valence-electron chi connectivity index (χ4n) is 0.559. The largest absolute Gasteiger partial charge is 0.476 e. The van der Waals surface area contributed by atoms with Crippen LogP contribution in [0.25, 0.3) is 0 Å². The van der Waals surface area contributed by atoms with E-state index in [0.29, 0.717) is 12.5 Å². The Labute approximate surface area is 67.3 Å². The van der Waals surface area contributed by atoms with Crippen LogP contribution < -0.4 is 4.74 Å². The van der Waals surface area contributed by atoms with E-state index < -0.39 is 0 Å². The van der Waals surface area contributed by atoms with E-state index in [-0.39, 0.29) is 0 Å². The highest BCUT2D eigenvalue weighted by molar-refractivity contribution is 5.08. The number of aromatic nitrogens is 1. The lowest BCUT2D eigenvalue weighted by atomic mass is 10.5. The summed E-state index contributed by atoms with van der Waals surface area (Å²) in [5.74, 6) is 1.34. The highest BCUT2D eigenvalue weighted by Crippen LogP contribution is 2.08. The van der Waals surface area contributed by atoms with Crippen molar-refractivity contribution in [1.82, 2.24) is 5.16 Å². The zero-order valence-corrected chi connectivity index (χ0v) is 7.55. The molecule has 11 heavy (non-hydrogen) atoms. The molecule has 0 saturated carbocycles. The van der Waals surface area contributed by atoms with E-state index in [1.807, 2.05) is 27.7 Å². The molecular weight excluding hydrogens is 142 g/mol. The molecule has 64 valence electrons. The van der Waals surface area contributed by atoms with Gasteiger partial charge in [-0.3, -0.25) is 0 Å². The minimum atomic E-state index is 0.565. The Morgan fingerprint density at radius 3 is 2.55 bits per heavy atom. The van der Waals surface area contributed by atoms with Gasteiger partial charge >= 0.3 is 0 Å². The third-order valence-corrected chi connectivity index (χ3v) is 0.899. The first kappa shape index (κ1) is 10.0. The van der Waals surface area contributed by atoms with Crippen molar-refractivity contribution in [2.45, 2.75) is 27.7 Å². The number of nitrogens with zero attached hydrogens (tertiary/aromatic N) is 1. The van der Waals surface area contributed by atoms with Gasteiger partial charge in [-0.2, -0.15) is 0 Å². The van der Waals surface area contributed by atoms with Gasteiger partial charge in [0, 0.05) is 6.07 Å². The molecular formula is C8H15NO2. The maximum Gasteiger partial charge on any atom is 0.254 e. The SMILES string of the molecule is CC.CCOc1cc(C)on1. The number of hydrogen-bond acceptors (Lipinski definition) is 3. The summed E-state index contributed by atoms with van der Waals surface area (Å²) in [5, 5.41) is 3.61. The Kier molecular flexibility index (Phi) is 5.25.